The first-order chi connectivity index (χ1) is 8.74. The van der Waals surface area contributed by atoms with E-state index in [4.69, 9.17) is 5.26 Å². The van der Waals surface area contributed by atoms with Crippen molar-refractivity contribution in [3.8, 4) is 17.3 Å². The van der Waals surface area contributed by atoms with Crippen LogP contribution in [-0.2, 0) is 4.74 Å². The first kappa shape index (κ1) is 11.7. The Balaban J connectivity index is 2.45. The van der Waals surface area contributed by atoms with Gasteiger partial charge in [0.15, 0.2) is 5.69 Å². The van der Waals surface area contributed by atoms with E-state index < -0.39 is 5.97 Å². The zero-order chi connectivity index (χ0) is 13.0. The smallest absolute Gasteiger partial charge is 0.356 e. The van der Waals surface area contributed by atoms with E-state index in [1.54, 1.807) is 18.2 Å². The summed E-state index contributed by atoms with van der Waals surface area (Å²) in [6.07, 6.45) is 1.29. The van der Waals surface area contributed by atoms with Crippen molar-refractivity contribution in [1.82, 2.24) is 9.97 Å². The molecule has 2 aromatic rings. The van der Waals surface area contributed by atoms with E-state index in [1.165, 1.54) is 19.5 Å². The van der Waals surface area contributed by atoms with Crippen molar-refractivity contribution in [2.45, 2.75) is 0 Å². The lowest BCUT2D eigenvalue weighted by Gasteiger charge is -2.03. The van der Waals surface area contributed by atoms with Gasteiger partial charge >= 0.3 is 5.97 Å². The highest BCUT2D eigenvalue weighted by molar-refractivity contribution is 5.88. The first-order valence-electron chi connectivity index (χ1n) is 5.15. The monoisotopic (exact) mass is 239 g/mol. The molecule has 0 N–H and O–H groups in total. The molecule has 0 saturated heterocycles. The average Bonchev–Trinajstić information content (AvgIpc) is 2.46. The number of carbonyl (C=O) groups excluding carboxylic acids is 1. The Kier molecular flexibility index (Phi) is 3.30. The van der Waals surface area contributed by atoms with Gasteiger partial charge in [0.2, 0.25) is 0 Å². The van der Waals surface area contributed by atoms with E-state index in [0.717, 1.165) is 5.56 Å². The summed E-state index contributed by atoms with van der Waals surface area (Å²) in [4.78, 5) is 19.3. The Morgan fingerprint density at radius 2 is 2.17 bits per heavy atom. The molecule has 0 saturated carbocycles. The summed E-state index contributed by atoms with van der Waals surface area (Å²) in [5, 5.41) is 8.83. The Morgan fingerprint density at radius 3 is 2.89 bits per heavy atom. The maximum atomic E-state index is 11.4. The zero-order valence-electron chi connectivity index (χ0n) is 9.62. The second-order valence-corrected chi connectivity index (χ2v) is 3.47. The summed E-state index contributed by atoms with van der Waals surface area (Å²) in [5.41, 5.74) is 2.04. The summed E-state index contributed by atoms with van der Waals surface area (Å²) >= 11 is 0. The molecule has 18 heavy (non-hydrogen) atoms. The van der Waals surface area contributed by atoms with Crippen LogP contribution in [0.25, 0.3) is 11.3 Å². The minimum absolute atomic E-state index is 0.185. The summed E-state index contributed by atoms with van der Waals surface area (Å²) in [7, 11) is 1.29. The largest absolute Gasteiger partial charge is 0.464 e. The van der Waals surface area contributed by atoms with E-state index >= 15 is 0 Å². The number of nitrogens with zero attached hydrogens (tertiary/aromatic N) is 3. The standard InChI is InChI=1S/C13H9N3O2/c1-18-13(17)12-6-11(15-8-16-12)10-4-2-3-9(5-10)7-14/h2-6,8H,1H3. The predicted molar refractivity (Wildman–Crippen MR) is 63.5 cm³/mol. The quantitative estimate of drug-likeness (QED) is 0.747. The average molecular weight is 239 g/mol. The lowest BCUT2D eigenvalue weighted by molar-refractivity contribution is 0.0594. The van der Waals surface area contributed by atoms with Crippen molar-refractivity contribution in [1.29, 1.82) is 5.26 Å². The molecule has 0 spiro atoms. The molecule has 0 fully saturated rings. The maximum Gasteiger partial charge on any atom is 0.356 e. The number of benzene rings is 1. The van der Waals surface area contributed by atoms with Gasteiger partial charge in [0.1, 0.15) is 6.33 Å². The Morgan fingerprint density at radius 1 is 1.33 bits per heavy atom. The molecule has 0 unspecified atom stereocenters. The fraction of sp³-hybridized carbons (Fsp3) is 0.0769. The number of hydrogen-bond acceptors (Lipinski definition) is 5. The van der Waals surface area contributed by atoms with Crippen LogP contribution >= 0.6 is 0 Å². The summed E-state index contributed by atoms with van der Waals surface area (Å²) in [5.74, 6) is -0.518. The van der Waals surface area contributed by atoms with Gasteiger partial charge in [-0.25, -0.2) is 14.8 Å². The normalized spacial score (nSPS) is 9.56. The van der Waals surface area contributed by atoms with Gasteiger partial charge in [-0.2, -0.15) is 5.26 Å². The maximum absolute atomic E-state index is 11.4. The van der Waals surface area contributed by atoms with Crippen molar-refractivity contribution >= 4 is 5.97 Å². The highest BCUT2D eigenvalue weighted by Gasteiger charge is 2.09. The van der Waals surface area contributed by atoms with Crippen molar-refractivity contribution in [2.24, 2.45) is 0 Å². The van der Waals surface area contributed by atoms with Crippen molar-refractivity contribution in [3.63, 3.8) is 0 Å². The third kappa shape index (κ3) is 2.33. The van der Waals surface area contributed by atoms with Gasteiger partial charge in [0.25, 0.3) is 0 Å². The van der Waals surface area contributed by atoms with Gasteiger partial charge in [-0.3, -0.25) is 0 Å². The van der Waals surface area contributed by atoms with Gasteiger partial charge < -0.3 is 4.74 Å². The van der Waals surface area contributed by atoms with E-state index in [1.807, 2.05) is 6.07 Å². The molecule has 0 radical (unpaired) electrons. The van der Waals surface area contributed by atoms with Crippen LogP contribution in [0.1, 0.15) is 16.1 Å². The number of hydrogen-bond donors (Lipinski definition) is 0. The molecule has 2 rings (SSSR count). The van der Waals surface area contributed by atoms with Gasteiger partial charge in [-0.15, -0.1) is 0 Å². The lowest BCUT2D eigenvalue weighted by Crippen LogP contribution is -2.04. The zero-order valence-corrected chi connectivity index (χ0v) is 9.62. The third-order valence-electron chi connectivity index (χ3n) is 2.35. The van der Waals surface area contributed by atoms with Crippen LogP contribution in [0.15, 0.2) is 36.7 Å². The minimum atomic E-state index is -0.518. The molecule has 5 nitrogen and oxygen atoms in total. The number of carbonyl (C=O) groups is 1. The highest BCUT2D eigenvalue weighted by atomic mass is 16.5. The molecule has 0 bridgehead atoms. The van der Waals surface area contributed by atoms with Crippen molar-refractivity contribution in [2.75, 3.05) is 7.11 Å². The predicted octanol–water partition coefficient (Wildman–Crippen LogP) is 1.80. The molecular weight excluding hydrogens is 230 g/mol. The van der Waals surface area contributed by atoms with Crippen LogP contribution in [0.3, 0.4) is 0 Å². The van der Waals surface area contributed by atoms with E-state index in [0.29, 0.717) is 11.3 Å². The van der Waals surface area contributed by atoms with Crippen LogP contribution in [0.5, 0.6) is 0 Å². The Hall–Kier alpha value is -2.74. The molecule has 1 heterocycles. The molecule has 1 aromatic heterocycles. The van der Waals surface area contributed by atoms with E-state index in [9.17, 15) is 4.79 Å². The third-order valence-corrected chi connectivity index (χ3v) is 2.35. The first-order valence-corrected chi connectivity index (χ1v) is 5.15. The Bertz CT molecular complexity index is 632. The second-order valence-electron chi connectivity index (χ2n) is 3.47. The van der Waals surface area contributed by atoms with Crippen LogP contribution < -0.4 is 0 Å². The second kappa shape index (κ2) is 5.06. The van der Waals surface area contributed by atoms with Crippen molar-refractivity contribution in [3.05, 3.63) is 47.9 Å². The molecule has 5 heteroatoms. The van der Waals surface area contributed by atoms with Gasteiger partial charge in [-0.1, -0.05) is 12.1 Å². The summed E-state index contributed by atoms with van der Waals surface area (Å²) < 4.78 is 4.59. The van der Waals surface area contributed by atoms with Crippen LogP contribution in [0.4, 0.5) is 0 Å². The van der Waals surface area contributed by atoms with Gasteiger partial charge in [0, 0.05) is 5.56 Å². The number of aromatic nitrogens is 2. The van der Waals surface area contributed by atoms with E-state index in [2.05, 4.69) is 20.8 Å². The molecule has 1 aromatic carbocycles. The molecular formula is C13H9N3O2. The molecule has 0 aliphatic rings. The molecule has 0 aliphatic heterocycles. The van der Waals surface area contributed by atoms with Crippen molar-refractivity contribution < 1.29 is 9.53 Å². The number of ether oxygens (including phenoxy) is 1. The fourth-order valence-corrected chi connectivity index (χ4v) is 1.48. The molecule has 0 aliphatic carbocycles. The number of esters is 1. The molecule has 0 amide bonds. The summed E-state index contributed by atoms with van der Waals surface area (Å²) in [6, 6.07) is 10.5. The lowest BCUT2D eigenvalue weighted by atomic mass is 10.1. The van der Waals surface area contributed by atoms with Crippen LogP contribution in [0.2, 0.25) is 0 Å². The number of methoxy groups -OCH3 is 1. The minimum Gasteiger partial charge on any atom is -0.464 e. The summed E-state index contributed by atoms with van der Waals surface area (Å²) in [6.45, 7) is 0. The number of nitriles is 1. The fourth-order valence-electron chi connectivity index (χ4n) is 1.48. The topological polar surface area (TPSA) is 75.9 Å². The number of rotatable bonds is 2. The van der Waals surface area contributed by atoms with Crippen LogP contribution in [0, 0.1) is 11.3 Å². The SMILES string of the molecule is COC(=O)c1cc(-c2cccc(C#N)c2)ncn1. The molecule has 88 valence electrons. The Labute approximate surface area is 104 Å². The van der Waals surface area contributed by atoms with Crippen LogP contribution in [-0.4, -0.2) is 23.0 Å². The highest BCUT2D eigenvalue weighted by Crippen LogP contribution is 2.18. The van der Waals surface area contributed by atoms with E-state index in [-0.39, 0.29) is 5.69 Å². The van der Waals surface area contributed by atoms with Gasteiger partial charge in [0.05, 0.1) is 24.4 Å². The molecule has 0 atom stereocenters. The van der Waals surface area contributed by atoms with Gasteiger partial charge in [-0.05, 0) is 18.2 Å².